The second-order valence-corrected chi connectivity index (χ2v) is 4.24. The lowest BCUT2D eigenvalue weighted by atomic mass is 10.00. The second-order valence-electron chi connectivity index (χ2n) is 4.24. The minimum atomic E-state index is 0.865. The number of imidazole rings is 1. The highest BCUT2D eigenvalue weighted by molar-refractivity contribution is 4.56. The zero-order valence-electron chi connectivity index (χ0n) is 9.50. The molecule has 0 aliphatic heterocycles. The average molecular weight is 195 g/mol. The van der Waals surface area contributed by atoms with Crippen molar-refractivity contribution in [2.45, 2.75) is 52.5 Å². The van der Waals surface area contributed by atoms with Crippen LogP contribution < -0.4 is 4.57 Å². The maximum atomic E-state index is 3.07. The van der Waals surface area contributed by atoms with E-state index in [1.54, 1.807) is 0 Å². The van der Waals surface area contributed by atoms with Crippen LogP contribution >= 0.6 is 0 Å². The van der Waals surface area contributed by atoms with Gasteiger partial charge in [0.1, 0.15) is 12.4 Å². The molecule has 1 heterocycles. The smallest absolute Gasteiger partial charge is 0.241 e. The molecular weight excluding hydrogens is 172 g/mol. The molecule has 1 N–H and O–H groups in total. The Kier molecular flexibility index (Phi) is 5.35. The van der Waals surface area contributed by atoms with Crippen molar-refractivity contribution in [2.75, 3.05) is 0 Å². The molecule has 0 aromatic carbocycles. The van der Waals surface area contributed by atoms with Gasteiger partial charge in [0.05, 0.1) is 6.54 Å². The van der Waals surface area contributed by atoms with Gasteiger partial charge in [0.25, 0.3) is 0 Å². The summed E-state index contributed by atoms with van der Waals surface area (Å²) in [6, 6.07) is 0. The molecule has 0 saturated heterocycles. The fraction of sp³-hybridized carbons (Fsp3) is 0.750. The largest absolute Gasteiger partial charge is 0.250 e. The fourth-order valence-corrected chi connectivity index (χ4v) is 1.72. The van der Waals surface area contributed by atoms with Gasteiger partial charge in [-0.2, -0.15) is 0 Å². The van der Waals surface area contributed by atoms with Gasteiger partial charge in [0, 0.05) is 0 Å². The van der Waals surface area contributed by atoms with Crippen molar-refractivity contribution in [3.8, 4) is 0 Å². The topological polar surface area (TPSA) is 19.7 Å². The predicted molar refractivity (Wildman–Crippen MR) is 58.9 cm³/mol. The van der Waals surface area contributed by atoms with Crippen LogP contribution in [0.3, 0.4) is 0 Å². The molecule has 1 rings (SSSR count). The Morgan fingerprint density at radius 1 is 1.29 bits per heavy atom. The first-order valence-electron chi connectivity index (χ1n) is 5.84. The van der Waals surface area contributed by atoms with Crippen LogP contribution in [0, 0.1) is 5.92 Å². The molecule has 0 saturated carbocycles. The van der Waals surface area contributed by atoms with Gasteiger partial charge >= 0.3 is 0 Å². The molecule has 2 nitrogen and oxygen atoms in total. The summed E-state index contributed by atoms with van der Waals surface area (Å²) in [6.45, 7) is 5.78. The van der Waals surface area contributed by atoms with E-state index in [9.17, 15) is 0 Å². The van der Waals surface area contributed by atoms with Gasteiger partial charge in [-0.05, 0) is 12.3 Å². The third-order valence-corrected chi connectivity index (χ3v) is 2.78. The number of nitrogens with zero attached hydrogens (tertiary/aromatic N) is 1. The van der Waals surface area contributed by atoms with Gasteiger partial charge in [-0.3, -0.25) is 4.98 Å². The van der Waals surface area contributed by atoms with E-state index in [0.29, 0.717) is 0 Å². The first-order valence-corrected chi connectivity index (χ1v) is 5.84. The van der Waals surface area contributed by atoms with E-state index >= 15 is 0 Å². The maximum Gasteiger partial charge on any atom is 0.241 e. The summed E-state index contributed by atoms with van der Waals surface area (Å²) in [6.07, 6.45) is 12.9. The molecule has 0 spiro atoms. The second kappa shape index (κ2) is 6.63. The monoisotopic (exact) mass is 195 g/mol. The Morgan fingerprint density at radius 3 is 2.79 bits per heavy atom. The molecule has 2 heteroatoms. The molecule has 1 aromatic heterocycles. The van der Waals surface area contributed by atoms with Crippen LogP contribution in [0.15, 0.2) is 18.7 Å². The third-order valence-electron chi connectivity index (χ3n) is 2.78. The fourth-order valence-electron chi connectivity index (χ4n) is 1.72. The Hall–Kier alpha value is -0.790. The Bertz CT molecular complexity index is 216. The number of aryl methyl sites for hydroxylation is 1. The molecule has 0 unspecified atom stereocenters. The van der Waals surface area contributed by atoms with Crippen molar-refractivity contribution < 1.29 is 4.57 Å². The quantitative estimate of drug-likeness (QED) is 0.510. The predicted octanol–water partition coefficient (Wildman–Crippen LogP) is 2.91. The molecule has 1 atom stereocenters. The summed E-state index contributed by atoms with van der Waals surface area (Å²) < 4.78 is 2.22. The lowest BCUT2D eigenvalue weighted by molar-refractivity contribution is -0.696. The summed E-state index contributed by atoms with van der Waals surface area (Å²) in [5.41, 5.74) is 0. The molecular formula is C12H23N2+. The number of nitrogens with one attached hydrogen (secondary N) is 1. The Labute approximate surface area is 87.4 Å². The van der Waals surface area contributed by atoms with Gasteiger partial charge in [-0.25, -0.2) is 4.57 Å². The lowest BCUT2D eigenvalue weighted by Crippen LogP contribution is -2.31. The number of hydrogen-bond donors (Lipinski definition) is 1. The van der Waals surface area contributed by atoms with E-state index in [-0.39, 0.29) is 0 Å². The standard InChI is InChI=1S/C12H22N2/c1-3-4-5-6-12(2)7-9-14-10-8-13-11-14/h8,10-12H,3-7,9H2,1-2H3/p+1/t12-/m1/s1. The van der Waals surface area contributed by atoms with E-state index in [2.05, 4.69) is 29.6 Å². The number of rotatable bonds is 7. The molecule has 0 aliphatic carbocycles. The summed E-state index contributed by atoms with van der Waals surface area (Å²) in [4.78, 5) is 3.07. The van der Waals surface area contributed by atoms with Crippen molar-refractivity contribution in [2.24, 2.45) is 5.92 Å². The van der Waals surface area contributed by atoms with Gasteiger partial charge in [0.15, 0.2) is 0 Å². The highest BCUT2D eigenvalue weighted by Crippen LogP contribution is 2.12. The highest BCUT2D eigenvalue weighted by Gasteiger charge is 2.04. The summed E-state index contributed by atoms with van der Waals surface area (Å²) in [5.74, 6) is 0.865. The van der Waals surface area contributed by atoms with Crippen LogP contribution in [0.5, 0.6) is 0 Å². The van der Waals surface area contributed by atoms with Crippen molar-refractivity contribution >= 4 is 0 Å². The average Bonchev–Trinajstić information content (AvgIpc) is 2.68. The SMILES string of the molecule is CCCCC[C@@H](C)CC[n+]1cc[nH]c1. The molecule has 0 fully saturated rings. The van der Waals surface area contributed by atoms with Crippen LogP contribution in [-0.2, 0) is 6.54 Å². The van der Waals surface area contributed by atoms with Crippen molar-refractivity contribution in [3.05, 3.63) is 18.7 Å². The van der Waals surface area contributed by atoms with E-state index in [1.165, 1.54) is 32.1 Å². The van der Waals surface area contributed by atoms with E-state index in [1.807, 2.05) is 12.5 Å². The van der Waals surface area contributed by atoms with Gasteiger partial charge in [-0.1, -0.05) is 39.5 Å². The first-order chi connectivity index (χ1) is 6.83. The summed E-state index contributed by atoms with van der Waals surface area (Å²) >= 11 is 0. The van der Waals surface area contributed by atoms with Crippen LogP contribution in [0.4, 0.5) is 0 Å². The number of aromatic amines is 1. The van der Waals surface area contributed by atoms with E-state index in [0.717, 1.165) is 12.5 Å². The first kappa shape index (κ1) is 11.3. The van der Waals surface area contributed by atoms with Crippen molar-refractivity contribution in [3.63, 3.8) is 0 Å². The molecule has 0 aliphatic rings. The van der Waals surface area contributed by atoms with Crippen LogP contribution in [-0.4, -0.2) is 4.98 Å². The zero-order chi connectivity index (χ0) is 10.2. The number of aromatic nitrogens is 2. The van der Waals surface area contributed by atoms with Crippen LogP contribution in [0.2, 0.25) is 0 Å². The summed E-state index contributed by atoms with van der Waals surface area (Å²) in [7, 11) is 0. The molecule has 80 valence electrons. The molecule has 0 amide bonds. The number of H-pyrrole nitrogens is 1. The zero-order valence-corrected chi connectivity index (χ0v) is 9.50. The molecule has 14 heavy (non-hydrogen) atoms. The molecule has 0 bridgehead atoms. The van der Waals surface area contributed by atoms with Gasteiger partial charge in [-0.15, -0.1) is 0 Å². The Balaban J connectivity index is 2.06. The minimum Gasteiger partial charge on any atom is -0.250 e. The van der Waals surface area contributed by atoms with Gasteiger partial charge < -0.3 is 0 Å². The third kappa shape index (κ3) is 4.45. The van der Waals surface area contributed by atoms with Crippen LogP contribution in [0.25, 0.3) is 0 Å². The highest BCUT2D eigenvalue weighted by atomic mass is 15.0. The summed E-state index contributed by atoms with van der Waals surface area (Å²) in [5, 5.41) is 0. The van der Waals surface area contributed by atoms with E-state index < -0.39 is 0 Å². The number of hydrogen-bond acceptors (Lipinski definition) is 0. The van der Waals surface area contributed by atoms with Crippen molar-refractivity contribution in [1.29, 1.82) is 0 Å². The molecule has 0 radical (unpaired) electrons. The number of unbranched alkanes of at least 4 members (excludes halogenated alkanes) is 2. The van der Waals surface area contributed by atoms with Gasteiger partial charge in [0.2, 0.25) is 6.33 Å². The maximum absolute atomic E-state index is 3.07. The lowest BCUT2D eigenvalue weighted by Gasteiger charge is -2.08. The molecule has 1 aromatic rings. The Morgan fingerprint density at radius 2 is 2.14 bits per heavy atom. The van der Waals surface area contributed by atoms with Crippen molar-refractivity contribution in [1.82, 2.24) is 4.98 Å². The van der Waals surface area contributed by atoms with Crippen LogP contribution in [0.1, 0.15) is 46.0 Å². The van der Waals surface area contributed by atoms with E-state index in [4.69, 9.17) is 0 Å². The normalized spacial score (nSPS) is 13.0. The minimum absolute atomic E-state index is 0.865.